The van der Waals surface area contributed by atoms with E-state index in [0.29, 0.717) is 45.1 Å². The molecule has 0 fully saturated rings. The molecule has 0 amide bonds. The molecule has 0 spiro atoms. The van der Waals surface area contributed by atoms with Crippen LogP contribution in [-0.2, 0) is 27.1 Å². The van der Waals surface area contributed by atoms with E-state index in [4.69, 9.17) is 47.0 Å². The van der Waals surface area contributed by atoms with Gasteiger partial charge in [-0.2, -0.15) is 0 Å². The maximum absolute atomic E-state index is 13.1. The van der Waals surface area contributed by atoms with E-state index >= 15 is 0 Å². The van der Waals surface area contributed by atoms with Crippen molar-refractivity contribution in [1.82, 2.24) is 14.5 Å². The van der Waals surface area contributed by atoms with Crippen LogP contribution in [-0.4, -0.2) is 19.6 Å². The van der Waals surface area contributed by atoms with Crippen molar-refractivity contribution in [3.63, 3.8) is 0 Å². The smallest absolute Gasteiger partial charge is 0.149 e. The van der Waals surface area contributed by atoms with Gasteiger partial charge in [-0.3, -0.25) is 9.55 Å². The number of aromatic hydroxyl groups is 1. The number of phenolic OH excluding ortho intramolecular Hbond substituents is 1. The van der Waals surface area contributed by atoms with Crippen LogP contribution in [0.5, 0.6) is 5.75 Å². The fourth-order valence-electron chi connectivity index (χ4n) is 8.25. The van der Waals surface area contributed by atoms with Crippen molar-refractivity contribution in [2.75, 3.05) is 0 Å². The van der Waals surface area contributed by atoms with Gasteiger partial charge in [0.1, 0.15) is 11.6 Å². The standard InChI is InChI=1S/C62H69N3O/c1-58(2,3)45-27-24-40(25-28-45)42-30-31-63-52(36-42)44-32-43(33-46(34-44)59(4,5)6)48-22-19-23-54-55(48)64-57(49-37-47(60(7,8)9)38-51(56(49)66)62(13,14)15)65(54)53-29-26-41(35-50(53)61(10,11)12)39-20-17-16-18-21-39/h16-38,66H,1-15H3/i1D3,2D3,3D3,7D3,8D3,9D3,13D3,14D3,15D3. The van der Waals surface area contributed by atoms with Gasteiger partial charge in [-0.15, -0.1) is 0 Å². The van der Waals surface area contributed by atoms with Crippen molar-refractivity contribution in [2.45, 2.75) is 130 Å². The highest BCUT2D eigenvalue weighted by atomic mass is 16.3. The summed E-state index contributed by atoms with van der Waals surface area (Å²) in [4.78, 5) is 9.90. The van der Waals surface area contributed by atoms with Crippen LogP contribution < -0.4 is 0 Å². The van der Waals surface area contributed by atoms with Crippen LogP contribution in [0.4, 0.5) is 0 Å². The molecule has 66 heavy (non-hydrogen) atoms. The first-order valence-corrected chi connectivity index (χ1v) is 21.4. The van der Waals surface area contributed by atoms with Crippen molar-refractivity contribution in [3.05, 3.63) is 167 Å². The fraction of sp³-hybridized carbons (Fsp3) is 0.323. The molecular formula is C62H69N3O. The van der Waals surface area contributed by atoms with E-state index in [1.165, 1.54) is 35.0 Å². The number of hydrogen-bond acceptors (Lipinski definition) is 3. The summed E-state index contributed by atoms with van der Waals surface area (Å²) in [5, 5.41) is 13.1. The first-order chi connectivity index (χ1) is 42.0. The normalized spacial score (nSPS) is 20.6. The molecule has 0 saturated heterocycles. The van der Waals surface area contributed by atoms with Crippen LogP contribution in [0.3, 0.4) is 0 Å². The third-order valence-electron chi connectivity index (χ3n) is 11.8. The lowest BCUT2D eigenvalue weighted by atomic mass is 9.78. The van der Waals surface area contributed by atoms with Gasteiger partial charge in [0.05, 0.1) is 28.0 Å². The molecule has 8 rings (SSSR count). The van der Waals surface area contributed by atoms with Crippen LogP contribution in [0.15, 0.2) is 140 Å². The van der Waals surface area contributed by atoms with Crippen LogP contribution in [0.2, 0.25) is 0 Å². The number of benzene rings is 6. The average Bonchev–Trinajstić information content (AvgIpc) is 1.09. The van der Waals surface area contributed by atoms with E-state index in [9.17, 15) is 5.11 Å². The number of aromatic nitrogens is 3. The molecule has 1 N–H and O–H groups in total. The summed E-state index contributed by atoms with van der Waals surface area (Å²) in [6.07, 6.45) is 1.50. The quantitative estimate of drug-likeness (QED) is 0.181. The maximum atomic E-state index is 13.1. The van der Waals surface area contributed by atoms with Crippen LogP contribution in [0.25, 0.3) is 72.7 Å². The number of phenols is 1. The lowest BCUT2D eigenvalue weighted by molar-refractivity contribution is 0.446. The van der Waals surface area contributed by atoms with E-state index < -0.39 is 123 Å². The highest BCUT2D eigenvalue weighted by Gasteiger charge is 2.31. The third kappa shape index (κ3) is 9.12. The number of hydrogen-bond donors (Lipinski definition) is 1. The van der Waals surface area contributed by atoms with Gasteiger partial charge in [-0.1, -0.05) is 188 Å². The molecular weight excluding hydrogens is 803 g/mol. The SMILES string of the molecule is [2H]C([2H])([2H])C(c1ccc(-c2ccnc(-c3cc(-c4cccc5c4nc(-c4cc(C(C([2H])([2H])[2H])(C([2H])([2H])[2H])C([2H])([2H])[2H])cc(C(C([2H])([2H])[2H])(C([2H])([2H])[2H])C([2H])([2H])[2H])c4O)n5-c4ccc(-c5ccccc5)cc4C(C)(C)C)cc(C(C)(C)C)c3)c2)cc1)(C([2H])([2H])[2H])C([2H])([2H])[2H]. The van der Waals surface area contributed by atoms with Gasteiger partial charge in [0.2, 0.25) is 0 Å². The van der Waals surface area contributed by atoms with Crippen LogP contribution in [0, 0.1) is 0 Å². The molecule has 0 unspecified atom stereocenters. The van der Waals surface area contributed by atoms with Gasteiger partial charge in [0, 0.05) is 59.9 Å². The number of rotatable bonds is 6. The second-order valence-electron chi connectivity index (χ2n) is 19.0. The highest BCUT2D eigenvalue weighted by molar-refractivity contribution is 5.97. The summed E-state index contributed by atoms with van der Waals surface area (Å²) in [6, 6.07) is 34.5. The number of pyridine rings is 1. The Bertz CT molecular complexity index is 4000. The maximum Gasteiger partial charge on any atom is 0.149 e. The lowest BCUT2D eigenvalue weighted by Gasteiger charge is -2.28. The van der Waals surface area contributed by atoms with Crippen LogP contribution in [0.1, 0.15) is 168 Å². The largest absolute Gasteiger partial charge is 0.507 e. The lowest BCUT2D eigenvalue weighted by Crippen LogP contribution is -2.18. The molecule has 0 atom stereocenters. The molecule has 0 aliphatic rings. The summed E-state index contributed by atoms with van der Waals surface area (Å²) in [5.41, 5.74) is -11.1. The van der Waals surface area contributed by atoms with E-state index in [-0.39, 0.29) is 22.8 Å². The zero-order valence-corrected chi connectivity index (χ0v) is 37.6. The molecule has 0 aliphatic carbocycles. The van der Waals surface area contributed by atoms with Crippen molar-refractivity contribution in [1.29, 1.82) is 0 Å². The van der Waals surface area contributed by atoms with Gasteiger partial charge in [-0.25, -0.2) is 4.98 Å². The van der Waals surface area contributed by atoms with Gasteiger partial charge < -0.3 is 5.11 Å². The average molecular weight is 899 g/mol. The molecule has 2 aromatic heterocycles. The minimum atomic E-state index is -4.20. The first-order valence-electron chi connectivity index (χ1n) is 34.9. The Morgan fingerprint density at radius 3 is 1.74 bits per heavy atom. The Morgan fingerprint density at radius 1 is 0.455 bits per heavy atom. The number of imidazole rings is 1. The highest BCUT2D eigenvalue weighted by Crippen LogP contribution is 2.46. The molecule has 0 saturated carbocycles. The molecule has 0 aliphatic heterocycles. The Morgan fingerprint density at radius 2 is 1.08 bits per heavy atom. The van der Waals surface area contributed by atoms with Gasteiger partial charge >= 0.3 is 0 Å². The van der Waals surface area contributed by atoms with Gasteiger partial charge in [0.25, 0.3) is 0 Å². The second kappa shape index (κ2) is 16.6. The fourth-order valence-corrected chi connectivity index (χ4v) is 8.25. The van der Waals surface area contributed by atoms with Gasteiger partial charge in [0.15, 0.2) is 0 Å². The van der Waals surface area contributed by atoms with Crippen molar-refractivity contribution in [3.8, 4) is 67.5 Å². The zero-order valence-electron chi connectivity index (χ0n) is 64.6. The molecule has 4 nitrogen and oxygen atoms in total. The topological polar surface area (TPSA) is 50.9 Å². The summed E-state index contributed by atoms with van der Waals surface area (Å²) in [6.45, 7) is -23.9. The number of para-hydroxylation sites is 1. The summed E-state index contributed by atoms with van der Waals surface area (Å²) < 4.78 is 234. The van der Waals surface area contributed by atoms with Crippen LogP contribution >= 0.6 is 0 Å². The zero-order chi connectivity index (χ0) is 70.2. The van der Waals surface area contributed by atoms with Gasteiger partial charge in [-0.05, 0) is 126 Å². The minimum Gasteiger partial charge on any atom is -0.507 e. The van der Waals surface area contributed by atoms with E-state index in [1.54, 1.807) is 48.5 Å². The molecule has 4 heteroatoms. The monoisotopic (exact) mass is 899 g/mol. The van der Waals surface area contributed by atoms with E-state index in [2.05, 4.69) is 0 Å². The summed E-state index contributed by atoms with van der Waals surface area (Å²) >= 11 is 0. The Kier molecular flexibility index (Phi) is 5.89. The Balaban J connectivity index is 1.53. The van der Waals surface area contributed by atoms with Crippen molar-refractivity contribution < 1.29 is 42.1 Å². The number of nitrogens with zero attached hydrogens (tertiary/aromatic N) is 3. The van der Waals surface area contributed by atoms with Crippen molar-refractivity contribution in [2.24, 2.45) is 0 Å². The number of fused-ring (bicyclic) bond motifs is 1. The summed E-state index contributed by atoms with van der Waals surface area (Å²) in [5.74, 6) is -1.90. The molecule has 0 bridgehead atoms. The first kappa shape index (κ1) is 23.5. The van der Waals surface area contributed by atoms with E-state index in [1.807, 2.05) is 90.1 Å². The third-order valence-corrected chi connectivity index (χ3v) is 11.8. The van der Waals surface area contributed by atoms with Crippen molar-refractivity contribution >= 4 is 11.0 Å². The van der Waals surface area contributed by atoms with E-state index in [0.717, 1.165) is 16.7 Å². The minimum absolute atomic E-state index is 0.0781. The predicted molar refractivity (Wildman–Crippen MR) is 281 cm³/mol. The molecule has 8 aromatic rings. The Labute approximate surface area is 432 Å². The molecule has 6 aromatic carbocycles. The second-order valence-corrected chi connectivity index (χ2v) is 19.0. The predicted octanol–water partition coefficient (Wildman–Crippen LogP) is 16.9. The summed E-state index contributed by atoms with van der Waals surface area (Å²) in [7, 11) is 0. The molecule has 338 valence electrons. The Hall–Kier alpha value is -6.26. The molecule has 0 radical (unpaired) electrons. The molecule has 2 heterocycles.